The van der Waals surface area contributed by atoms with Gasteiger partial charge in [-0.05, 0) is 42.5 Å². The van der Waals surface area contributed by atoms with Gasteiger partial charge in [-0.2, -0.15) is 0 Å². The van der Waals surface area contributed by atoms with Crippen LogP contribution in [0.25, 0.3) is 22.4 Å². The van der Waals surface area contributed by atoms with Gasteiger partial charge in [0.05, 0.1) is 11.7 Å². The summed E-state index contributed by atoms with van der Waals surface area (Å²) in [6.07, 6.45) is 1.86. The predicted octanol–water partition coefficient (Wildman–Crippen LogP) is 6.83. The van der Waals surface area contributed by atoms with Gasteiger partial charge in [0.1, 0.15) is 17.6 Å². The van der Waals surface area contributed by atoms with Crippen molar-refractivity contribution in [2.45, 2.75) is 31.3 Å². The molecule has 5 rings (SSSR count). The summed E-state index contributed by atoms with van der Waals surface area (Å²) in [5.74, 6) is -0.247. The van der Waals surface area contributed by atoms with E-state index >= 15 is 0 Å². The zero-order chi connectivity index (χ0) is 26.2. The van der Waals surface area contributed by atoms with E-state index in [-0.39, 0.29) is 0 Å². The molecule has 1 aromatic heterocycles. The van der Waals surface area contributed by atoms with Crippen LogP contribution in [0.2, 0.25) is 5.02 Å². The van der Waals surface area contributed by atoms with E-state index in [0.717, 1.165) is 27.8 Å². The second kappa shape index (κ2) is 9.75. The van der Waals surface area contributed by atoms with Gasteiger partial charge in [-0.15, -0.1) is 0 Å². The highest BCUT2D eigenvalue weighted by Gasteiger charge is 2.51. The maximum absolute atomic E-state index is 12.7. The number of carboxylic acid groups (broad SMARTS) is 1. The molecule has 0 unspecified atom stereocenters. The van der Waals surface area contributed by atoms with Crippen LogP contribution in [-0.4, -0.2) is 26.7 Å². The lowest BCUT2D eigenvalue weighted by atomic mass is 9.93. The number of carboxylic acids is 1. The zero-order valence-corrected chi connectivity index (χ0v) is 21.2. The van der Waals surface area contributed by atoms with Gasteiger partial charge >= 0.3 is 12.1 Å². The van der Waals surface area contributed by atoms with E-state index in [1.165, 1.54) is 0 Å². The fourth-order valence-electron chi connectivity index (χ4n) is 4.50. The van der Waals surface area contributed by atoms with Crippen LogP contribution >= 0.6 is 11.6 Å². The highest BCUT2D eigenvalue weighted by atomic mass is 35.5. The molecule has 1 saturated carbocycles. The largest absolute Gasteiger partial charge is 0.481 e. The number of benzene rings is 3. The number of hydrogen-bond acceptors (Lipinski definition) is 4. The first kappa shape index (κ1) is 24.6. The fourth-order valence-corrected chi connectivity index (χ4v) is 4.79. The molecule has 1 aliphatic carbocycles. The van der Waals surface area contributed by atoms with Crippen LogP contribution in [-0.2, 0) is 22.0 Å². The van der Waals surface area contributed by atoms with Gasteiger partial charge in [0.15, 0.2) is 0 Å². The molecule has 3 aromatic carbocycles. The molecule has 1 aliphatic rings. The van der Waals surface area contributed by atoms with Crippen molar-refractivity contribution in [2.75, 3.05) is 5.32 Å². The van der Waals surface area contributed by atoms with E-state index in [2.05, 4.69) is 10.3 Å². The summed E-state index contributed by atoms with van der Waals surface area (Å²) in [5, 5.41) is 12.9. The number of aryl methyl sites for hydroxylation is 1. The van der Waals surface area contributed by atoms with Crippen molar-refractivity contribution in [1.82, 2.24) is 9.55 Å². The minimum absolute atomic E-state index is 0.511. The molecular weight excluding hydrogens is 490 g/mol. The second-order valence-electron chi connectivity index (χ2n) is 9.29. The van der Waals surface area contributed by atoms with Crippen LogP contribution in [0.15, 0.2) is 79.1 Å². The Labute approximate surface area is 219 Å². The monoisotopic (exact) mass is 515 g/mol. The number of halogens is 1. The number of imidazole rings is 1. The first-order valence-corrected chi connectivity index (χ1v) is 12.3. The number of aromatic nitrogens is 2. The predicted molar refractivity (Wildman–Crippen MR) is 143 cm³/mol. The quantitative estimate of drug-likeness (QED) is 0.281. The Morgan fingerprint density at radius 1 is 1.00 bits per heavy atom. The second-order valence-corrected chi connectivity index (χ2v) is 9.70. The number of carbonyl (C=O) groups is 2. The third-order valence-corrected chi connectivity index (χ3v) is 7.22. The standard InChI is InChI=1S/C29H26ClN3O4/c1-18(23-5-3-4-6-24(23)30)37-28(36)32-26-25(31-17-33(26)2)21-9-7-19(8-10-21)20-11-13-22(14-12-20)29(15-16-29)27(34)35/h3-14,17-18H,15-16H2,1-2H3,(H,32,36)(H,34,35)/t18-/m0/s1. The molecule has 1 heterocycles. The zero-order valence-electron chi connectivity index (χ0n) is 20.4. The molecule has 0 bridgehead atoms. The number of anilines is 1. The Bertz CT molecular complexity index is 1460. The SMILES string of the molecule is C[C@H](OC(=O)Nc1c(-c2ccc(-c3ccc(C4(C(=O)O)CC4)cc3)cc2)ncn1C)c1ccccc1Cl. The average Bonchev–Trinajstić information content (AvgIpc) is 3.64. The lowest BCUT2D eigenvalue weighted by Crippen LogP contribution is -2.19. The van der Waals surface area contributed by atoms with Gasteiger partial charge in [-0.25, -0.2) is 9.78 Å². The highest BCUT2D eigenvalue weighted by Crippen LogP contribution is 2.48. The number of aliphatic carboxylic acids is 1. The van der Waals surface area contributed by atoms with Crippen LogP contribution < -0.4 is 5.32 Å². The van der Waals surface area contributed by atoms with Crippen molar-refractivity contribution in [3.63, 3.8) is 0 Å². The number of nitrogens with zero attached hydrogens (tertiary/aromatic N) is 2. The van der Waals surface area contributed by atoms with Crippen molar-refractivity contribution >= 4 is 29.5 Å². The summed E-state index contributed by atoms with van der Waals surface area (Å²) in [5.41, 5.74) is 4.30. The van der Waals surface area contributed by atoms with E-state index in [9.17, 15) is 14.7 Å². The van der Waals surface area contributed by atoms with Gasteiger partial charge in [-0.3, -0.25) is 10.1 Å². The van der Waals surface area contributed by atoms with Crippen molar-refractivity contribution < 1.29 is 19.4 Å². The van der Waals surface area contributed by atoms with Gasteiger partial charge in [0.25, 0.3) is 0 Å². The molecule has 1 amide bonds. The van der Waals surface area contributed by atoms with E-state index in [1.807, 2.05) is 66.7 Å². The van der Waals surface area contributed by atoms with Crippen molar-refractivity contribution in [3.8, 4) is 22.4 Å². The van der Waals surface area contributed by atoms with Gasteiger partial charge < -0.3 is 14.4 Å². The first-order chi connectivity index (χ1) is 17.8. The molecule has 0 saturated heterocycles. The Kier molecular flexibility index (Phi) is 6.48. The van der Waals surface area contributed by atoms with E-state index in [0.29, 0.717) is 29.4 Å². The molecule has 8 heteroatoms. The highest BCUT2D eigenvalue weighted by molar-refractivity contribution is 6.31. The Hall–Kier alpha value is -4.10. The maximum atomic E-state index is 12.7. The Morgan fingerprint density at radius 2 is 1.59 bits per heavy atom. The van der Waals surface area contributed by atoms with Crippen LogP contribution in [0.3, 0.4) is 0 Å². The summed E-state index contributed by atoms with van der Waals surface area (Å²) in [4.78, 5) is 28.7. The maximum Gasteiger partial charge on any atom is 0.413 e. The van der Waals surface area contributed by atoms with Gasteiger partial charge in [0.2, 0.25) is 0 Å². The number of nitrogens with one attached hydrogen (secondary N) is 1. The molecule has 0 radical (unpaired) electrons. The summed E-state index contributed by atoms with van der Waals surface area (Å²) < 4.78 is 7.28. The van der Waals surface area contributed by atoms with Crippen molar-refractivity contribution in [2.24, 2.45) is 7.05 Å². The summed E-state index contributed by atoms with van der Waals surface area (Å²) >= 11 is 6.23. The molecular formula is C29H26ClN3O4. The Balaban J connectivity index is 1.30. The summed E-state index contributed by atoms with van der Waals surface area (Å²) in [6.45, 7) is 1.77. The van der Waals surface area contributed by atoms with Crippen LogP contribution in [0, 0.1) is 0 Å². The van der Waals surface area contributed by atoms with Gasteiger partial charge in [0, 0.05) is 23.2 Å². The molecule has 0 spiro atoms. The minimum atomic E-state index is -0.758. The van der Waals surface area contributed by atoms with Gasteiger partial charge in [-0.1, -0.05) is 78.3 Å². The van der Waals surface area contributed by atoms with E-state index in [4.69, 9.17) is 16.3 Å². The third-order valence-electron chi connectivity index (χ3n) is 6.87. The Morgan fingerprint density at radius 3 is 2.19 bits per heavy atom. The topological polar surface area (TPSA) is 93.4 Å². The van der Waals surface area contributed by atoms with Crippen molar-refractivity contribution in [3.05, 3.63) is 95.3 Å². The molecule has 188 valence electrons. The van der Waals surface area contributed by atoms with E-state index < -0.39 is 23.6 Å². The summed E-state index contributed by atoms with van der Waals surface area (Å²) in [7, 11) is 1.79. The summed E-state index contributed by atoms with van der Waals surface area (Å²) in [6, 6.07) is 22.8. The molecule has 1 fully saturated rings. The number of rotatable bonds is 7. The van der Waals surface area contributed by atoms with Crippen LogP contribution in [0.1, 0.15) is 37.0 Å². The average molecular weight is 516 g/mol. The van der Waals surface area contributed by atoms with Crippen molar-refractivity contribution in [1.29, 1.82) is 0 Å². The lowest BCUT2D eigenvalue weighted by molar-refractivity contribution is -0.140. The molecule has 7 nitrogen and oxygen atoms in total. The molecule has 4 aromatic rings. The number of ether oxygens (including phenoxy) is 1. The molecule has 0 aliphatic heterocycles. The molecule has 37 heavy (non-hydrogen) atoms. The number of hydrogen-bond donors (Lipinski definition) is 2. The van der Waals surface area contributed by atoms with Crippen LogP contribution in [0.4, 0.5) is 10.6 Å². The molecule has 2 N–H and O–H groups in total. The number of amides is 1. The third kappa shape index (κ3) is 4.82. The first-order valence-electron chi connectivity index (χ1n) is 12.0. The lowest BCUT2D eigenvalue weighted by Gasteiger charge is -2.16. The fraction of sp³-hybridized carbons (Fsp3) is 0.207. The number of carbonyl (C=O) groups excluding carboxylic acids is 1. The molecule has 1 atom stereocenters. The normalized spacial score (nSPS) is 14.6. The van der Waals surface area contributed by atoms with E-state index in [1.54, 1.807) is 30.9 Å². The van der Waals surface area contributed by atoms with Crippen LogP contribution in [0.5, 0.6) is 0 Å². The smallest absolute Gasteiger partial charge is 0.413 e. The minimum Gasteiger partial charge on any atom is -0.481 e.